The normalized spacial score (nSPS) is 18.0. The minimum Gasteiger partial charge on any atom is -0.459 e. The first-order valence-corrected chi connectivity index (χ1v) is 10.3. The molecule has 0 fully saturated rings. The van der Waals surface area contributed by atoms with Crippen LogP contribution in [0.3, 0.4) is 0 Å². The zero-order valence-corrected chi connectivity index (χ0v) is 17.9. The van der Waals surface area contributed by atoms with Gasteiger partial charge >= 0.3 is 11.9 Å². The number of rotatable bonds is 4. The fourth-order valence-corrected chi connectivity index (χ4v) is 3.96. The molecule has 158 valence electrons. The van der Waals surface area contributed by atoms with Crippen LogP contribution in [-0.2, 0) is 19.1 Å². The van der Waals surface area contributed by atoms with Crippen molar-refractivity contribution < 1.29 is 19.1 Å². The lowest BCUT2D eigenvalue weighted by atomic mass is 9.89. The summed E-state index contributed by atoms with van der Waals surface area (Å²) in [7, 11) is 0. The van der Waals surface area contributed by atoms with Gasteiger partial charge in [-0.1, -0.05) is 50.2 Å². The van der Waals surface area contributed by atoms with Crippen LogP contribution in [0.2, 0.25) is 0 Å². The van der Waals surface area contributed by atoms with Gasteiger partial charge in [-0.3, -0.25) is 14.5 Å². The second-order valence-corrected chi connectivity index (χ2v) is 7.75. The van der Waals surface area contributed by atoms with Crippen LogP contribution in [0.1, 0.15) is 45.7 Å². The average molecular weight is 408 g/mol. The molecule has 1 aliphatic heterocycles. The molecule has 2 aromatic carbocycles. The van der Waals surface area contributed by atoms with E-state index in [-0.39, 0.29) is 24.5 Å². The van der Waals surface area contributed by atoms with E-state index in [0.29, 0.717) is 12.1 Å². The summed E-state index contributed by atoms with van der Waals surface area (Å²) < 4.78 is 5.01. The highest BCUT2D eigenvalue weighted by Gasteiger charge is 2.40. The first-order valence-electron chi connectivity index (χ1n) is 10.3. The van der Waals surface area contributed by atoms with E-state index in [1.54, 1.807) is 19.1 Å². The fourth-order valence-electron chi connectivity index (χ4n) is 3.96. The molecule has 0 N–H and O–H groups in total. The minimum absolute atomic E-state index is 0.0383. The molecule has 6 heteroatoms. The molecule has 0 unspecified atom stereocenters. The van der Waals surface area contributed by atoms with Crippen LogP contribution in [0.25, 0.3) is 0 Å². The van der Waals surface area contributed by atoms with Crippen LogP contribution in [0.15, 0.2) is 54.6 Å². The number of hydrogen-bond acceptors (Lipinski definition) is 4. The highest BCUT2D eigenvalue weighted by atomic mass is 16.5. The molecule has 0 saturated carbocycles. The monoisotopic (exact) mass is 408 g/mol. The van der Waals surface area contributed by atoms with Gasteiger partial charge in [0.15, 0.2) is 0 Å². The van der Waals surface area contributed by atoms with Gasteiger partial charge in [-0.05, 0) is 44.0 Å². The summed E-state index contributed by atoms with van der Waals surface area (Å²) >= 11 is 0. The summed E-state index contributed by atoms with van der Waals surface area (Å²) in [6.45, 7) is 7.53. The van der Waals surface area contributed by atoms with Gasteiger partial charge in [0, 0.05) is 23.3 Å². The number of carbonyl (C=O) groups is 3. The van der Waals surface area contributed by atoms with E-state index in [0.717, 1.165) is 11.3 Å². The maximum absolute atomic E-state index is 13.1. The Balaban J connectivity index is 2.11. The maximum Gasteiger partial charge on any atom is 0.397 e. The number of nitrogens with zero attached hydrogens (tertiary/aromatic N) is 2. The number of carbonyl (C=O) groups excluding carboxylic acids is 3. The lowest BCUT2D eigenvalue weighted by Crippen LogP contribution is -2.50. The Hall–Kier alpha value is -3.15. The van der Waals surface area contributed by atoms with Gasteiger partial charge in [0.05, 0.1) is 12.6 Å². The number of esters is 1. The summed E-state index contributed by atoms with van der Waals surface area (Å²) in [6.07, 6.45) is 0.509. The predicted molar refractivity (Wildman–Crippen MR) is 116 cm³/mol. The number of anilines is 2. The Morgan fingerprint density at radius 1 is 1.07 bits per heavy atom. The van der Waals surface area contributed by atoms with E-state index in [4.69, 9.17) is 4.74 Å². The molecule has 30 heavy (non-hydrogen) atoms. The fraction of sp³-hybridized carbons (Fsp3) is 0.375. The standard InChI is InChI=1S/C24H28N2O4/c1-5-30-24(29)23(28)26(18-11-7-6-8-12-18)21-15-17(4)25(22(27)16(2)3)20-14-10-9-13-19(20)21/h6-14,16-17,21H,5,15H2,1-4H3/t17-,21-/m0/s1. The third kappa shape index (κ3) is 4.08. The number of para-hydroxylation sites is 2. The molecule has 0 radical (unpaired) electrons. The van der Waals surface area contributed by atoms with Gasteiger partial charge in [0.1, 0.15) is 0 Å². The molecule has 2 amide bonds. The van der Waals surface area contributed by atoms with Crippen molar-refractivity contribution in [3.63, 3.8) is 0 Å². The Morgan fingerprint density at radius 2 is 1.70 bits per heavy atom. The van der Waals surface area contributed by atoms with Crippen molar-refractivity contribution in [2.45, 2.75) is 46.2 Å². The summed E-state index contributed by atoms with van der Waals surface area (Å²) in [5, 5.41) is 0. The van der Waals surface area contributed by atoms with Crippen LogP contribution in [0.5, 0.6) is 0 Å². The Labute approximate surface area is 177 Å². The quantitative estimate of drug-likeness (QED) is 0.564. The first-order chi connectivity index (χ1) is 14.4. The largest absolute Gasteiger partial charge is 0.459 e. The molecule has 1 heterocycles. The van der Waals surface area contributed by atoms with Gasteiger partial charge in [0.25, 0.3) is 0 Å². The lowest BCUT2D eigenvalue weighted by Gasteiger charge is -2.43. The summed E-state index contributed by atoms with van der Waals surface area (Å²) in [4.78, 5) is 41.8. The molecule has 0 aliphatic carbocycles. The van der Waals surface area contributed by atoms with Crippen LogP contribution in [-0.4, -0.2) is 30.4 Å². The van der Waals surface area contributed by atoms with Gasteiger partial charge in [-0.25, -0.2) is 4.79 Å². The van der Waals surface area contributed by atoms with Gasteiger partial charge < -0.3 is 9.64 Å². The predicted octanol–water partition coefficient (Wildman–Crippen LogP) is 4.11. The second kappa shape index (κ2) is 9.11. The Kier molecular flexibility index (Phi) is 6.55. The van der Waals surface area contributed by atoms with Crippen molar-refractivity contribution in [3.05, 3.63) is 60.2 Å². The summed E-state index contributed by atoms with van der Waals surface area (Å²) in [6, 6.07) is 16.2. The first kappa shape index (κ1) is 21.6. The van der Waals surface area contributed by atoms with Gasteiger partial charge in [0.2, 0.25) is 5.91 Å². The summed E-state index contributed by atoms with van der Waals surface area (Å²) in [5.41, 5.74) is 2.23. The number of fused-ring (bicyclic) bond motifs is 1. The molecule has 0 aromatic heterocycles. The molecule has 6 nitrogen and oxygen atoms in total. The van der Waals surface area contributed by atoms with Crippen LogP contribution in [0, 0.1) is 5.92 Å². The number of hydrogen-bond donors (Lipinski definition) is 0. The Bertz CT molecular complexity index is 926. The van der Waals surface area contributed by atoms with Gasteiger partial charge in [-0.15, -0.1) is 0 Å². The third-order valence-electron chi connectivity index (χ3n) is 5.31. The zero-order chi connectivity index (χ0) is 21.8. The highest BCUT2D eigenvalue weighted by molar-refractivity contribution is 6.38. The number of ether oxygens (including phenoxy) is 1. The molecule has 0 bridgehead atoms. The average Bonchev–Trinajstić information content (AvgIpc) is 2.74. The van der Waals surface area contributed by atoms with E-state index in [1.165, 1.54) is 4.90 Å². The Morgan fingerprint density at radius 3 is 2.33 bits per heavy atom. The number of amides is 2. The lowest BCUT2D eigenvalue weighted by molar-refractivity contribution is -0.153. The van der Waals surface area contributed by atoms with Crippen molar-refractivity contribution in [1.29, 1.82) is 0 Å². The molecular weight excluding hydrogens is 380 g/mol. The highest BCUT2D eigenvalue weighted by Crippen LogP contribution is 2.42. The molecule has 0 saturated heterocycles. The second-order valence-electron chi connectivity index (χ2n) is 7.75. The van der Waals surface area contributed by atoms with Crippen LogP contribution >= 0.6 is 0 Å². The van der Waals surface area contributed by atoms with Crippen LogP contribution < -0.4 is 9.80 Å². The topological polar surface area (TPSA) is 66.9 Å². The third-order valence-corrected chi connectivity index (χ3v) is 5.31. The minimum atomic E-state index is -0.882. The molecule has 3 rings (SSSR count). The molecular formula is C24H28N2O4. The van der Waals surface area contributed by atoms with E-state index in [1.807, 2.05) is 68.1 Å². The van der Waals surface area contributed by atoms with E-state index in [2.05, 4.69) is 0 Å². The molecule has 2 aromatic rings. The maximum atomic E-state index is 13.1. The summed E-state index contributed by atoms with van der Waals surface area (Å²) in [5.74, 6) is -1.70. The van der Waals surface area contributed by atoms with Crippen molar-refractivity contribution in [2.75, 3.05) is 16.4 Å². The van der Waals surface area contributed by atoms with E-state index >= 15 is 0 Å². The van der Waals surface area contributed by atoms with Gasteiger partial charge in [-0.2, -0.15) is 0 Å². The molecule has 0 spiro atoms. The van der Waals surface area contributed by atoms with Crippen molar-refractivity contribution in [3.8, 4) is 0 Å². The van der Waals surface area contributed by atoms with Crippen molar-refractivity contribution in [1.82, 2.24) is 0 Å². The van der Waals surface area contributed by atoms with Crippen molar-refractivity contribution >= 4 is 29.2 Å². The van der Waals surface area contributed by atoms with Crippen LogP contribution in [0.4, 0.5) is 11.4 Å². The molecule has 2 atom stereocenters. The number of benzene rings is 2. The molecule has 1 aliphatic rings. The smallest absolute Gasteiger partial charge is 0.397 e. The van der Waals surface area contributed by atoms with Crippen molar-refractivity contribution in [2.24, 2.45) is 5.92 Å². The SMILES string of the molecule is CCOC(=O)C(=O)N(c1ccccc1)[C@H]1C[C@H](C)N(C(=O)C(C)C)c2ccccc21. The zero-order valence-electron chi connectivity index (χ0n) is 17.9. The van der Waals surface area contributed by atoms with E-state index < -0.39 is 17.9 Å². The van der Waals surface area contributed by atoms with E-state index in [9.17, 15) is 14.4 Å².